The number of amides is 1. The summed E-state index contributed by atoms with van der Waals surface area (Å²) in [6.45, 7) is 1.11. The summed E-state index contributed by atoms with van der Waals surface area (Å²) in [7, 11) is 0. The van der Waals surface area contributed by atoms with Crippen molar-refractivity contribution in [2.24, 2.45) is 0 Å². The van der Waals surface area contributed by atoms with Crippen LogP contribution < -0.4 is 10.9 Å². The normalized spacial score (nSPS) is 10.9. The van der Waals surface area contributed by atoms with Gasteiger partial charge in [0.2, 0.25) is 5.91 Å². The standard InChI is InChI=1S/C21H15FN4O3S/c1-12(27)19-18(13-5-3-2-4-6-13)25-21(30-19)24-17(28)10-26-11-23-16-8-7-14(22)9-15(16)20(26)29/h2-9,11H,10H2,1H3,(H,24,25,28). The highest BCUT2D eigenvalue weighted by Gasteiger charge is 2.18. The molecule has 1 amide bonds. The molecule has 150 valence electrons. The Bertz CT molecular complexity index is 1330. The first kappa shape index (κ1) is 19.6. The third-order valence-corrected chi connectivity index (χ3v) is 5.41. The number of Topliss-reactive ketones (excluding diaryl/α,β-unsaturated/α-hetero) is 1. The summed E-state index contributed by atoms with van der Waals surface area (Å²) in [5, 5.41) is 2.95. The molecule has 0 radical (unpaired) electrons. The van der Waals surface area contributed by atoms with Gasteiger partial charge < -0.3 is 5.32 Å². The van der Waals surface area contributed by atoms with Crippen molar-refractivity contribution in [1.82, 2.24) is 14.5 Å². The second-order valence-electron chi connectivity index (χ2n) is 6.51. The van der Waals surface area contributed by atoms with E-state index in [4.69, 9.17) is 0 Å². The van der Waals surface area contributed by atoms with Crippen molar-refractivity contribution < 1.29 is 14.0 Å². The molecule has 4 rings (SSSR count). The van der Waals surface area contributed by atoms with Crippen LogP contribution in [0, 0.1) is 5.82 Å². The molecule has 0 spiro atoms. The van der Waals surface area contributed by atoms with E-state index in [0.29, 0.717) is 16.1 Å². The van der Waals surface area contributed by atoms with E-state index in [0.717, 1.165) is 27.5 Å². The Balaban J connectivity index is 1.59. The van der Waals surface area contributed by atoms with Gasteiger partial charge in [0.05, 0.1) is 27.8 Å². The molecule has 0 saturated carbocycles. The molecule has 0 unspecified atom stereocenters. The number of aromatic nitrogens is 3. The number of benzene rings is 2. The molecule has 2 aromatic heterocycles. The molecule has 2 heterocycles. The summed E-state index contributed by atoms with van der Waals surface area (Å²) in [5.41, 5.74) is 1.07. The number of halogens is 1. The van der Waals surface area contributed by atoms with Crippen LogP contribution in [0.2, 0.25) is 0 Å². The second-order valence-corrected chi connectivity index (χ2v) is 7.51. The van der Waals surface area contributed by atoms with Crippen molar-refractivity contribution in [3.8, 4) is 11.3 Å². The molecule has 2 aromatic carbocycles. The van der Waals surface area contributed by atoms with Crippen LogP contribution in [0.5, 0.6) is 0 Å². The van der Waals surface area contributed by atoms with E-state index < -0.39 is 17.3 Å². The van der Waals surface area contributed by atoms with Gasteiger partial charge in [-0.05, 0) is 18.2 Å². The lowest BCUT2D eigenvalue weighted by molar-refractivity contribution is -0.116. The quantitative estimate of drug-likeness (QED) is 0.497. The molecule has 0 aliphatic heterocycles. The first-order valence-corrected chi connectivity index (χ1v) is 9.76. The van der Waals surface area contributed by atoms with Crippen LogP contribution in [0.15, 0.2) is 59.7 Å². The van der Waals surface area contributed by atoms with E-state index in [1.807, 2.05) is 30.3 Å². The van der Waals surface area contributed by atoms with Crippen molar-refractivity contribution in [2.45, 2.75) is 13.5 Å². The van der Waals surface area contributed by atoms with Gasteiger partial charge in [-0.1, -0.05) is 41.7 Å². The number of fused-ring (bicyclic) bond motifs is 1. The molecule has 7 nitrogen and oxygen atoms in total. The molecule has 1 N–H and O–H groups in total. The van der Waals surface area contributed by atoms with Gasteiger partial charge in [-0.3, -0.25) is 19.0 Å². The Labute approximate surface area is 173 Å². The zero-order valence-electron chi connectivity index (χ0n) is 15.8. The number of hydrogen-bond donors (Lipinski definition) is 1. The van der Waals surface area contributed by atoms with Crippen LogP contribution >= 0.6 is 11.3 Å². The first-order valence-electron chi connectivity index (χ1n) is 8.94. The lowest BCUT2D eigenvalue weighted by atomic mass is 10.1. The highest BCUT2D eigenvalue weighted by atomic mass is 32.1. The van der Waals surface area contributed by atoms with Crippen molar-refractivity contribution in [2.75, 3.05) is 5.32 Å². The van der Waals surface area contributed by atoms with Gasteiger partial charge in [0.15, 0.2) is 10.9 Å². The van der Waals surface area contributed by atoms with E-state index in [1.54, 1.807) is 0 Å². The largest absolute Gasteiger partial charge is 0.300 e. The SMILES string of the molecule is CC(=O)c1sc(NC(=O)Cn2cnc3ccc(F)cc3c2=O)nc1-c1ccccc1. The molecule has 9 heteroatoms. The Hall–Kier alpha value is -3.72. The van der Waals surface area contributed by atoms with Crippen LogP contribution in [0.4, 0.5) is 9.52 Å². The fourth-order valence-corrected chi connectivity index (χ4v) is 3.86. The smallest absolute Gasteiger partial charge is 0.261 e. The summed E-state index contributed by atoms with van der Waals surface area (Å²) < 4.78 is 14.5. The van der Waals surface area contributed by atoms with Gasteiger partial charge >= 0.3 is 0 Å². The Morgan fingerprint density at radius 1 is 1.17 bits per heavy atom. The van der Waals surface area contributed by atoms with Gasteiger partial charge in [-0.25, -0.2) is 14.4 Å². The zero-order valence-corrected chi connectivity index (χ0v) is 16.6. The fourth-order valence-electron chi connectivity index (χ4n) is 2.96. The molecule has 0 saturated heterocycles. The highest BCUT2D eigenvalue weighted by Crippen LogP contribution is 2.31. The van der Waals surface area contributed by atoms with Crippen LogP contribution in [-0.4, -0.2) is 26.2 Å². The molecular weight excluding hydrogens is 407 g/mol. The summed E-state index contributed by atoms with van der Waals surface area (Å²) in [5.74, 6) is -1.24. The van der Waals surface area contributed by atoms with Crippen molar-refractivity contribution in [1.29, 1.82) is 0 Å². The minimum Gasteiger partial charge on any atom is -0.300 e. The summed E-state index contributed by atoms with van der Waals surface area (Å²) in [6.07, 6.45) is 1.24. The molecule has 0 bridgehead atoms. The Kier molecular flexibility index (Phi) is 5.20. The molecule has 0 fully saturated rings. The summed E-state index contributed by atoms with van der Waals surface area (Å²) >= 11 is 1.06. The highest BCUT2D eigenvalue weighted by molar-refractivity contribution is 7.18. The van der Waals surface area contributed by atoms with Crippen molar-refractivity contribution in [3.05, 3.63) is 75.9 Å². The van der Waals surface area contributed by atoms with E-state index in [-0.39, 0.29) is 22.8 Å². The molecule has 0 aliphatic carbocycles. The third kappa shape index (κ3) is 3.87. The number of rotatable bonds is 5. The first-order chi connectivity index (χ1) is 14.4. The van der Waals surface area contributed by atoms with Gasteiger partial charge in [0.1, 0.15) is 12.4 Å². The number of anilines is 1. The van der Waals surface area contributed by atoms with Crippen LogP contribution in [0.3, 0.4) is 0 Å². The van der Waals surface area contributed by atoms with Crippen LogP contribution in [0.1, 0.15) is 16.6 Å². The topological polar surface area (TPSA) is 94.0 Å². The van der Waals surface area contributed by atoms with Crippen LogP contribution in [-0.2, 0) is 11.3 Å². The maximum Gasteiger partial charge on any atom is 0.261 e. The Morgan fingerprint density at radius 3 is 2.67 bits per heavy atom. The monoisotopic (exact) mass is 422 g/mol. The van der Waals surface area contributed by atoms with Gasteiger partial charge in [-0.2, -0.15) is 0 Å². The summed E-state index contributed by atoms with van der Waals surface area (Å²) in [4.78, 5) is 45.9. The lowest BCUT2D eigenvalue weighted by Gasteiger charge is -2.06. The maximum atomic E-state index is 13.5. The molecule has 30 heavy (non-hydrogen) atoms. The van der Waals surface area contributed by atoms with E-state index in [1.165, 1.54) is 25.4 Å². The average Bonchev–Trinajstić information content (AvgIpc) is 3.15. The zero-order chi connectivity index (χ0) is 21.3. The van der Waals surface area contributed by atoms with Crippen molar-refractivity contribution in [3.63, 3.8) is 0 Å². The number of carbonyl (C=O) groups is 2. The minimum absolute atomic E-state index is 0.0878. The van der Waals surface area contributed by atoms with Crippen molar-refractivity contribution >= 4 is 39.1 Å². The van der Waals surface area contributed by atoms with E-state index in [2.05, 4.69) is 15.3 Å². The molecule has 0 aliphatic rings. The number of carbonyl (C=O) groups excluding carboxylic acids is 2. The second kappa shape index (κ2) is 7.96. The average molecular weight is 422 g/mol. The summed E-state index contributed by atoms with van der Waals surface area (Å²) in [6, 6.07) is 12.9. The predicted molar refractivity (Wildman–Crippen MR) is 112 cm³/mol. The third-order valence-electron chi connectivity index (χ3n) is 4.34. The predicted octanol–water partition coefficient (Wildman–Crippen LogP) is 3.50. The van der Waals surface area contributed by atoms with Crippen LogP contribution in [0.25, 0.3) is 22.2 Å². The van der Waals surface area contributed by atoms with Gasteiger partial charge in [0, 0.05) is 12.5 Å². The lowest BCUT2D eigenvalue weighted by Crippen LogP contribution is -2.27. The number of nitrogens with one attached hydrogen (secondary N) is 1. The van der Waals surface area contributed by atoms with E-state index >= 15 is 0 Å². The van der Waals surface area contributed by atoms with E-state index in [9.17, 15) is 18.8 Å². The minimum atomic E-state index is -0.559. The molecule has 0 atom stereocenters. The van der Waals surface area contributed by atoms with Gasteiger partial charge in [-0.15, -0.1) is 0 Å². The number of thiazole rings is 1. The number of ketones is 1. The number of nitrogens with zero attached hydrogens (tertiary/aromatic N) is 3. The molecular formula is C21H15FN4O3S. The molecule has 4 aromatic rings. The van der Waals surface area contributed by atoms with Gasteiger partial charge in [0.25, 0.3) is 5.56 Å². The number of hydrogen-bond acceptors (Lipinski definition) is 6. The maximum absolute atomic E-state index is 13.5. The fraction of sp³-hybridized carbons (Fsp3) is 0.0952. The Morgan fingerprint density at radius 2 is 1.93 bits per heavy atom.